The number of hydrogen-bond acceptors (Lipinski definition) is 2. The second-order valence-electron chi connectivity index (χ2n) is 2.79. The van der Waals surface area contributed by atoms with E-state index in [2.05, 4.69) is 22.9 Å². The minimum atomic E-state index is 0.742. The van der Waals surface area contributed by atoms with Gasteiger partial charge in [0, 0.05) is 18.5 Å². The first-order valence-electron chi connectivity index (χ1n) is 3.60. The molecule has 0 saturated carbocycles. The summed E-state index contributed by atoms with van der Waals surface area (Å²) in [6, 6.07) is 0.742. The lowest BCUT2D eigenvalue weighted by atomic mass is 9.96. The Labute approximate surface area is 55.3 Å². The second-order valence-corrected chi connectivity index (χ2v) is 2.79. The van der Waals surface area contributed by atoms with Gasteiger partial charge in [0.2, 0.25) is 0 Å². The van der Waals surface area contributed by atoms with Crippen molar-refractivity contribution in [3.8, 4) is 0 Å². The van der Waals surface area contributed by atoms with Crippen LogP contribution in [0.5, 0.6) is 0 Å². The van der Waals surface area contributed by atoms with Crippen molar-refractivity contribution < 1.29 is 0 Å². The molecule has 1 saturated heterocycles. The number of rotatable bonds is 0. The second kappa shape index (κ2) is 2.03. The topological polar surface area (TPSA) is 24.1 Å². The number of nitrogens with one attached hydrogen (secondary N) is 2. The molecule has 0 spiro atoms. The summed E-state index contributed by atoms with van der Waals surface area (Å²) in [6.07, 6.45) is 5.62. The fourth-order valence-corrected chi connectivity index (χ4v) is 1.59. The quantitative estimate of drug-likeness (QED) is 0.478. The molecule has 0 aliphatic carbocycles. The van der Waals surface area contributed by atoms with Crippen LogP contribution in [0.25, 0.3) is 0 Å². The molecule has 0 bridgehead atoms. The molecular weight excluding hydrogens is 112 g/mol. The molecule has 2 heterocycles. The van der Waals surface area contributed by atoms with Crippen LogP contribution in [0.3, 0.4) is 0 Å². The van der Waals surface area contributed by atoms with Crippen molar-refractivity contribution in [3.63, 3.8) is 0 Å². The molecule has 1 fully saturated rings. The molecule has 2 rings (SSSR count). The van der Waals surface area contributed by atoms with E-state index >= 15 is 0 Å². The van der Waals surface area contributed by atoms with Gasteiger partial charge in [-0.15, -0.1) is 0 Å². The highest BCUT2D eigenvalue weighted by molar-refractivity contribution is 5.04. The van der Waals surface area contributed by atoms with Gasteiger partial charge in [0.05, 0.1) is 0 Å². The fourth-order valence-electron chi connectivity index (χ4n) is 1.59. The maximum absolute atomic E-state index is 3.36. The van der Waals surface area contributed by atoms with Crippen LogP contribution in [-0.2, 0) is 0 Å². The van der Waals surface area contributed by atoms with E-state index in [1.807, 2.05) is 0 Å². The molecule has 2 aliphatic heterocycles. The molecule has 0 aromatic heterocycles. The van der Waals surface area contributed by atoms with Crippen LogP contribution in [0.15, 0.2) is 12.3 Å². The van der Waals surface area contributed by atoms with Crippen molar-refractivity contribution in [2.75, 3.05) is 13.1 Å². The predicted molar refractivity (Wildman–Crippen MR) is 37.0 cm³/mol. The van der Waals surface area contributed by atoms with Gasteiger partial charge in [0.15, 0.2) is 0 Å². The van der Waals surface area contributed by atoms with E-state index in [0.717, 1.165) is 18.5 Å². The fraction of sp³-hybridized carbons (Fsp3) is 0.714. The number of hydrogen-bond donors (Lipinski definition) is 2. The van der Waals surface area contributed by atoms with Crippen LogP contribution in [0.2, 0.25) is 0 Å². The van der Waals surface area contributed by atoms with Gasteiger partial charge in [-0.3, -0.25) is 0 Å². The minimum absolute atomic E-state index is 0.742. The Kier molecular flexibility index (Phi) is 1.19. The summed E-state index contributed by atoms with van der Waals surface area (Å²) >= 11 is 0. The third-order valence-corrected chi connectivity index (χ3v) is 2.18. The summed E-state index contributed by atoms with van der Waals surface area (Å²) < 4.78 is 0. The largest absolute Gasteiger partial charge is 0.388 e. The summed E-state index contributed by atoms with van der Waals surface area (Å²) in [6.45, 7) is 2.34. The third-order valence-electron chi connectivity index (χ3n) is 2.18. The SMILES string of the molecule is C1=CC2CNCCC2N1. The van der Waals surface area contributed by atoms with Crippen LogP contribution in [0.4, 0.5) is 0 Å². The first-order valence-corrected chi connectivity index (χ1v) is 3.60. The van der Waals surface area contributed by atoms with E-state index in [0.29, 0.717) is 0 Å². The average Bonchev–Trinajstić information content (AvgIpc) is 2.33. The lowest BCUT2D eigenvalue weighted by Crippen LogP contribution is -2.41. The monoisotopic (exact) mass is 124 g/mol. The van der Waals surface area contributed by atoms with Crippen molar-refractivity contribution in [1.29, 1.82) is 0 Å². The summed E-state index contributed by atoms with van der Waals surface area (Å²) in [5, 5.41) is 6.70. The molecular formula is C7H12N2. The summed E-state index contributed by atoms with van der Waals surface area (Å²) in [5.74, 6) is 0.763. The molecule has 2 nitrogen and oxygen atoms in total. The maximum Gasteiger partial charge on any atom is 0.0343 e. The van der Waals surface area contributed by atoms with Crippen LogP contribution in [0, 0.1) is 5.92 Å². The molecule has 2 unspecified atom stereocenters. The standard InChI is InChI=1S/C7H12N2/c1-4-9-7-2-3-8-5-6(1)7/h1,4,6-9H,2-3,5H2. The molecule has 2 atom stereocenters. The van der Waals surface area contributed by atoms with E-state index in [1.54, 1.807) is 0 Å². The maximum atomic E-state index is 3.36. The molecule has 0 amide bonds. The Morgan fingerprint density at radius 2 is 2.44 bits per heavy atom. The van der Waals surface area contributed by atoms with Gasteiger partial charge in [-0.1, -0.05) is 6.08 Å². The van der Waals surface area contributed by atoms with Crippen LogP contribution < -0.4 is 10.6 Å². The molecule has 9 heavy (non-hydrogen) atoms. The van der Waals surface area contributed by atoms with Crippen LogP contribution >= 0.6 is 0 Å². The van der Waals surface area contributed by atoms with Gasteiger partial charge in [0.1, 0.15) is 0 Å². The average molecular weight is 124 g/mol. The zero-order valence-corrected chi connectivity index (χ0v) is 5.43. The number of piperidine rings is 1. The summed E-state index contributed by atoms with van der Waals surface area (Å²) in [7, 11) is 0. The molecule has 2 N–H and O–H groups in total. The Hall–Kier alpha value is -0.500. The van der Waals surface area contributed by atoms with Gasteiger partial charge in [-0.05, 0) is 19.2 Å². The van der Waals surface area contributed by atoms with E-state index < -0.39 is 0 Å². The summed E-state index contributed by atoms with van der Waals surface area (Å²) in [5.41, 5.74) is 0. The molecule has 0 aromatic rings. The Morgan fingerprint density at radius 3 is 3.33 bits per heavy atom. The van der Waals surface area contributed by atoms with E-state index in [4.69, 9.17) is 0 Å². The zero-order chi connectivity index (χ0) is 6.10. The highest BCUT2D eigenvalue weighted by Gasteiger charge is 2.24. The normalized spacial score (nSPS) is 40.0. The molecule has 2 heteroatoms. The third kappa shape index (κ3) is 0.833. The smallest absolute Gasteiger partial charge is 0.0343 e. The summed E-state index contributed by atoms with van der Waals surface area (Å²) in [4.78, 5) is 0. The first kappa shape index (κ1) is 5.30. The predicted octanol–water partition coefficient (Wildman–Crippen LogP) is 0.0814. The molecule has 50 valence electrons. The van der Waals surface area contributed by atoms with Crippen molar-refractivity contribution in [1.82, 2.24) is 10.6 Å². The Bertz CT molecular complexity index is 131. The first-order chi connectivity index (χ1) is 4.47. The van der Waals surface area contributed by atoms with Crippen LogP contribution in [-0.4, -0.2) is 19.1 Å². The van der Waals surface area contributed by atoms with Gasteiger partial charge >= 0.3 is 0 Å². The Morgan fingerprint density at radius 1 is 1.44 bits per heavy atom. The van der Waals surface area contributed by atoms with Crippen LogP contribution in [0.1, 0.15) is 6.42 Å². The van der Waals surface area contributed by atoms with Gasteiger partial charge in [-0.25, -0.2) is 0 Å². The minimum Gasteiger partial charge on any atom is -0.388 e. The van der Waals surface area contributed by atoms with Crippen molar-refractivity contribution >= 4 is 0 Å². The van der Waals surface area contributed by atoms with E-state index in [1.165, 1.54) is 13.0 Å². The van der Waals surface area contributed by atoms with E-state index in [9.17, 15) is 0 Å². The van der Waals surface area contributed by atoms with Gasteiger partial charge < -0.3 is 10.6 Å². The van der Waals surface area contributed by atoms with Gasteiger partial charge in [0.25, 0.3) is 0 Å². The van der Waals surface area contributed by atoms with Crippen molar-refractivity contribution in [3.05, 3.63) is 12.3 Å². The lowest BCUT2D eigenvalue weighted by Gasteiger charge is -2.25. The molecule has 2 aliphatic rings. The highest BCUT2D eigenvalue weighted by atomic mass is 15.0. The molecule has 0 radical (unpaired) electrons. The zero-order valence-electron chi connectivity index (χ0n) is 5.43. The van der Waals surface area contributed by atoms with Crippen molar-refractivity contribution in [2.45, 2.75) is 12.5 Å². The van der Waals surface area contributed by atoms with E-state index in [-0.39, 0.29) is 0 Å². The lowest BCUT2D eigenvalue weighted by molar-refractivity contribution is 0.369. The molecule has 0 aromatic carbocycles. The Balaban J connectivity index is 2.03. The highest BCUT2D eigenvalue weighted by Crippen LogP contribution is 2.16. The van der Waals surface area contributed by atoms with Crippen molar-refractivity contribution in [2.24, 2.45) is 5.92 Å². The number of fused-ring (bicyclic) bond motifs is 1. The van der Waals surface area contributed by atoms with Gasteiger partial charge in [-0.2, -0.15) is 0 Å².